The summed E-state index contributed by atoms with van der Waals surface area (Å²) in [5, 5.41) is 12.9. The Hall–Kier alpha value is -0.840. The van der Waals surface area contributed by atoms with E-state index in [1.54, 1.807) is 4.68 Å². The number of carbonyl (C=O) groups is 1. The third-order valence-electron chi connectivity index (χ3n) is 1.98. The van der Waals surface area contributed by atoms with E-state index in [0.29, 0.717) is 11.0 Å². The zero-order chi connectivity index (χ0) is 10.7. The summed E-state index contributed by atoms with van der Waals surface area (Å²) in [6.45, 7) is 4.70. The monoisotopic (exact) mass is 260 g/mol. The molecular formula is C9H13BrN2O2. The SMILES string of the molecule is CCCc1c(Br)c(C(=O)O)nn1CC. The zero-order valence-corrected chi connectivity index (χ0v) is 9.84. The Labute approximate surface area is 91.1 Å². The number of carboxylic acids is 1. The first-order valence-corrected chi connectivity index (χ1v) is 5.39. The standard InChI is InChI=1S/C9H13BrN2O2/c1-3-5-6-7(10)8(9(13)14)11-12(6)4-2/h3-5H2,1-2H3,(H,13,14). The van der Waals surface area contributed by atoms with Gasteiger partial charge in [-0.05, 0) is 29.3 Å². The van der Waals surface area contributed by atoms with Crippen molar-refractivity contribution in [3.05, 3.63) is 15.9 Å². The Bertz CT molecular complexity index is 347. The van der Waals surface area contributed by atoms with Crippen molar-refractivity contribution in [2.45, 2.75) is 33.2 Å². The lowest BCUT2D eigenvalue weighted by molar-refractivity contribution is 0.0688. The topological polar surface area (TPSA) is 55.1 Å². The Morgan fingerprint density at radius 3 is 2.64 bits per heavy atom. The van der Waals surface area contributed by atoms with Crippen molar-refractivity contribution >= 4 is 21.9 Å². The molecule has 0 bridgehead atoms. The van der Waals surface area contributed by atoms with Crippen LogP contribution in [0.25, 0.3) is 0 Å². The van der Waals surface area contributed by atoms with Gasteiger partial charge in [0.1, 0.15) is 0 Å². The average Bonchev–Trinajstić information content (AvgIpc) is 2.45. The van der Waals surface area contributed by atoms with Crippen LogP contribution in [0.4, 0.5) is 0 Å². The van der Waals surface area contributed by atoms with Gasteiger partial charge in [-0.1, -0.05) is 13.3 Å². The summed E-state index contributed by atoms with van der Waals surface area (Å²) >= 11 is 3.28. The highest BCUT2D eigenvalue weighted by Crippen LogP contribution is 2.22. The minimum absolute atomic E-state index is 0.107. The lowest BCUT2D eigenvalue weighted by Crippen LogP contribution is -2.03. The van der Waals surface area contributed by atoms with Crippen molar-refractivity contribution < 1.29 is 9.90 Å². The van der Waals surface area contributed by atoms with Gasteiger partial charge in [-0.25, -0.2) is 4.79 Å². The van der Waals surface area contributed by atoms with Gasteiger partial charge in [0.15, 0.2) is 5.69 Å². The zero-order valence-electron chi connectivity index (χ0n) is 8.25. The third kappa shape index (κ3) is 1.97. The molecule has 0 spiro atoms. The molecule has 1 N–H and O–H groups in total. The molecule has 0 amide bonds. The maximum atomic E-state index is 10.8. The predicted molar refractivity (Wildman–Crippen MR) is 56.6 cm³/mol. The van der Waals surface area contributed by atoms with Crippen LogP contribution in [0, 0.1) is 0 Å². The number of hydrogen-bond donors (Lipinski definition) is 1. The van der Waals surface area contributed by atoms with E-state index in [-0.39, 0.29) is 5.69 Å². The molecule has 0 saturated heterocycles. The van der Waals surface area contributed by atoms with Crippen LogP contribution < -0.4 is 0 Å². The maximum Gasteiger partial charge on any atom is 0.357 e. The van der Waals surface area contributed by atoms with E-state index in [1.165, 1.54) is 0 Å². The fourth-order valence-electron chi connectivity index (χ4n) is 1.35. The number of hydrogen-bond acceptors (Lipinski definition) is 2. The molecule has 0 fully saturated rings. The van der Waals surface area contributed by atoms with Crippen LogP contribution in [0.1, 0.15) is 36.5 Å². The van der Waals surface area contributed by atoms with Gasteiger partial charge < -0.3 is 5.11 Å². The van der Waals surface area contributed by atoms with E-state index >= 15 is 0 Å². The largest absolute Gasteiger partial charge is 0.476 e. The number of aromatic carboxylic acids is 1. The second kappa shape index (κ2) is 4.59. The van der Waals surface area contributed by atoms with E-state index in [9.17, 15) is 4.79 Å². The van der Waals surface area contributed by atoms with Gasteiger partial charge in [-0.2, -0.15) is 5.10 Å². The van der Waals surface area contributed by atoms with Crippen molar-refractivity contribution in [2.75, 3.05) is 0 Å². The molecule has 1 aromatic heterocycles. The van der Waals surface area contributed by atoms with Gasteiger partial charge in [-0.3, -0.25) is 4.68 Å². The molecule has 5 heteroatoms. The van der Waals surface area contributed by atoms with E-state index in [1.807, 2.05) is 6.92 Å². The van der Waals surface area contributed by atoms with Crippen LogP contribution in [-0.4, -0.2) is 20.9 Å². The van der Waals surface area contributed by atoms with Gasteiger partial charge >= 0.3 is 5.97 Å². The molecule has 1 heterocycles. The van der Waals surface area contributed by atoms with Crippen LogP contribution in [0.5, 0.6) is 0 Å². The number of aryl methyl sites for hydroxylation is 1. The number of rotatable bonds is 4. The first kappa shape index (κ1) is 11.2. The number of carboxylic acid groups (broad SMARTS) is 1. The molecule has 0 radical (unpaired) electrons. The van der Waals surface area contributed by atoms with Crippen LogP contribution in [0.3, 0.4) is 0 Å². The minimum atomic E-state index is -0.985. The summed E-state index contributed by atoms with van der Waals surface area (Å²) in [4.78, 5) is 10.8. The molecular weight excluding hydrogens is 248 g/mol. The highest BCUT2D eigenvalue weighted by Gasteiger charge is 2.19. The third-order valence-corrected chi connectivity index (χ3v) is 2.82. The van der Waals surface area contributed by atoms with Crippen molar-refractivity contribution in [1.82, 2.24) is 9.78 Å². The van der Waals surface area contributed by atoms with Crippen molar-refractivity contribution in [2.24, 2.45) is 0 Å². The maximum absolute atomic E-state index is 10.8. The average molecular weight is 261 g/mol. The van der Waals surface area contributed by atoms with E-state index in [0.717, 1.165) is 18.5 Å². The minimum Gasteiger partial charge on any atom is -0.476 e. The quantitative estimate of drug-likeness (QED) is 0.904. The van der Waals surface area contributed by atoms with Gasteiger partial charge in [0.25, 0.3) is 0 Å². The number of halogens is 1. The molecule has 0 aliphatic rings. The van der Waals surface area contributed by atoms with E-state index in [4.69, 9.17) is 5.11 Å². The van der Waals surface area contributed by atoms with Gasteiger partial charge in [0.05, 0.1) is 10.2 Å². The lowest BCUT2D eigenvalue weighted by atomic mass is 10.2. The molecule has 0 aliphatic heterocycles. The Morgan fingerprint density at radius 2 is 2.21 bits per heavy atom. The van der Waals surface area contributed by atoms with Gasteiger partial charge in [0, 0.05) is 6.54 Å². The molecule has 0 atom stereocenters. The second-order valence-corrected chi connectivity index (χ2v) is 3.77. The number of aromatic nitrogens is 2. The molecule has 0 unspecified atom stereocenters. The Balaban J connectivity index is 3.18. The fourth-order valence-corrected chi connectivity index (χ4v) is 2.00. The molecule has 1 rings (SSSR count). The predicted octanol–water partition coefficient (Wildman–Crippen LogP) is 2.32. The smallest absolute Gasteiger partial charge is 0.357 e. The summed E-state index contributed by atoms with van der Waals surface area (Å²) in [5.74, 6) is -0.985. The lowest BCUT2D eigenvalue weighted by Gasteiger charge is -2.02. The molecule has 14 heavy (non-hydrogen) atoms. The fraction of sp³-hybridized carbons (Fsp3) is 0.556. The molecule has 78 valence electrons. The van der Waals surface area contributed by atoms with Crippen LogP contribution in [0.2, 0.25) is 0 Å². The van der Waals surface area contributed by atoms with Crippen molar-refractivity contribution in [3.8, 4) is 0 Å². The summed E-state index contributed by atoms with van der Waals surface area (Å²) in [6.07, 6.45) is 1.82. The highest BCUT2D eigenvalue weighted by atomic mass is 79.9. The summed E-state index contributed by atoms with van der Waals surface area (Å²) < 4.78 is 2.35. The normalized spacial score (nSPS) is 10.5. The van der Waals surface area contributed by atoms with E-state index in [2.05, 4.69) is 28.0 Å². The van der Waals surface area contributed by atoms with Gasteiger partial charge in [-0.15, -0.1) is 0 Å². The summed E-state index contributed by atoms with van der Waals surface area (Å²) in [6, 6.07) is 0. The molecule has 0 aliphatic carbocycles. The molecule has 0 saturated carbocycles. The molecule has 0 aromatic carbocycles. The van der Waals surface area contributed by atoms with Gasteiger partial charge in [0.2, 0.25) is 0 Å². The number of nitrogens with zero attached hydrogens (tertiary/aromatic N) is 2. The second-order valence-electron chi connectivity index (χ2n) is 2.98. The molecule has 4 nitrogen and oxygen atoms in total. The summed E-state index contributed by atoms with van der Waals surface area (Å²) in [7, 11) is 0. The van der Waals surface area contributed by atoms with Crippen LogP contribution in [-0.2, 0) is 13.0 Å². The highest BCUT2D eigenvalue weighted by molar-refractivity contribution is 9.10. The first-order valence-electron chi connectivity index (χ1n) is 4.60. The van der Waals surface area contributed by atoms with Crippen LogP contribution in [0.15, 0.2) is 4.47 Å². The summed E-state index contributed by atoms with van der Waals surface area (Å²) in [5.41, 5.74) is 1.07. The Morgan fingerprint density at radius 1 is 1.57 bits per heavy atom. The Kier molecular flexibility index (Phi) is 3.69. The first-order chi connectivity index (χ1) is 6.61. The van der Waals surface area contributed by atoms with Crippen LogP contribution >= 0.6 is 15.9 Å². The van der Waals surface area contributed by atoms with Crippen molar-refractivity contribution in [1.29, 1.82) is 0 Å². The molecule has 1 aromatic rings. The van der Waals surface area contributed by atoms with E-state index < -0.39 is 5.97 Å². The van der Waals surface area contributed by atoms with Crippen molar-refractivity contribution in [3.63, 3.8) is 0 Å².